The van der Waals surface area contributed by atoms with Gasteiger partial charge in [0.1, 0.15) is 11.6 Å². The minimum atomic E-state index is -1.55. The number of nitrogens with one attached hydrogen (secondary N) is 1. The Morgan fingerprint density at radius 2 is 1.92 bits per heavy atom. The molecule has 0 aliphatic heterocycles. The van der Waals surface area contributed by atoms with E-state index in [2.05, 4.69) is 10.1 Å². The van der Waals surface area contributed by atoms with Crippen molar-refractivity contribution in [3.8, 4) is 0 Å². The van der Waals surface area contributed by atoms with Crippen LogP contribution in [0.4, 0.5) is 8.78 Å². The van der Waals surface area contributed by atoms with E-state index in [1.54, 1.807) is 0 Å². The first-order chi connectivity index (χ1) is 11.3. The van der Waals surface area contributed by atoms with Crippen LogP contribution < -0.4 is 10.9 Å². The Kier molecular flexibility index (Phi) is 5.08. The number of hydrogen-bond donors (Lipinski definition) is 1. The van der Waals surface area contributed by atoms with E-state index < -0.39 is 35.1 Å². The highest BCUT2D eigenvalue weighted by Gasteiger charge is 2.27. The highest BCUT2D eigenvalue weighted by atomic mass is 19.1. The number of pyridine rings is 1. The third-order valence-corrected chi connectivity index (χ3v) is 3.35. The second-order valence-corrected chi connectivity index (χ2v) is 4.96. The molecule has 2 rings (SSSR count). The molecule has 1 atom stereocenters. The molecule has 0 aliphatic carbocycles. The first-order valence-electron chi connectivity index (χ1n) is 6.84. The van der Waals surface area contributed by atoms with Crippen molar-refractivity contribution in [2.45, 2.75) is 6.04 Å². The van der Waals surface area contributed by atoms with Crippen LogP contribution in [0.3, 0.4) is 0 Å². The van der Waals surface area contributed by atoms with Gasteiger partial charge in [-0.3, -0.25) is 9.59 Å². The number of rotatable bonds is 4. The number of halogens is 2. The predicted octanol–water partition coefficient (Wildman–Crippen LogP) is 1.31. The fourth-order valence-electron chi connectivity index (χ4n) is 2.02. The predicted molar refractivity (Wildman–Crippen MR) is 80.3 cm³/mol. The van der Waals surface area contributed by atoms with Gasteiger partial charge < -0.3 is 14.6 Å². The number of aromatic nitrogens is 1. The molecule has 0 unspecified atom stereocenters. The standard InChI is InChI=1S/C16H14F2N2O4/c1-20-6-5-9(7-13(20)21)15(22)19-14(16(23)24-2)11-8-10(17)3-4-12(11)18/h3-8,14H,1-2H3,(H,19,22)/t14-/m1/s1. The van der Waals surface area contributed by atoms with Crippen LogP contribution in [0.2, 0.25) is 0 Å². The van der Waals surface area contributed by atoms with Gasteiger partial charge >= 0.3 is 5.97 Å². The SMILES string of the molecule is COC(=O)[C@H](NC(=O)c1ccn(C)c(=O)c1)c1cc(F)ccc1F. The maximum atomic E-state index is 13.9. The molecule has 24 heavy (non-hydrogen) atoms. The van der Waals surface area contributed by atoms with Gasteiger partial charge in [0.25, 0.3) is 11.5 Å². The van der Waals surface area contributed by atoms with Gasteiger partial charge in [-0.25, -0.2) is 13.6 Å². The van der Waals surface area contributed by atoms with Crippen LogP contribution in [0.1, 0.15) is 22.0 Å². The Labute approximate surface area is 135 Å². The minimum Gasteiger partial charge on any atom is -0.467 e. The average molecular weight is 336 g/mol. The Balaban J connectivity index is 2.37. The van der Waals surface area contributed by atoms with Crippen molar-refractivity contribution in [2.75, 3.05) is 7.11 Å². The van der Waals surface area contributed by atoms with E-state index >= 15 is 0 Å². The molecule has 6 nitrogen and oxygen atoms in total. The lowest BCUT2D eigenvalue weighted by Gasteiger charge is -2.17. The molecule has 0 bridgehead atoms. The Morgan fingerprint density at radius 3 is 2.54 bits per heavy atom. The van der Waals surface area contributed by atoms with Crippen LogP contribution in [0.25, 0.3) is 0 Å². The molecule has 0 saturated heterocycles. The van der Waals surface area contributed by atoms with Gasteiger partial charge in [0.2, 0.25) is 0 Å². The molecule has 0 aliphatic rings. The number of nitrogens with zero attached hydrogens (tertiary/aromatic N) is 1. The van der Waals surface area contributed by atoms with Gasteiger partial charge in [0, 0.05) is 30.4 Å². The molecule has 1 heterocycles. The highest BCUT2D eigenvalue weighted by Crippen LogP contribution is 2.20. The number of hydrogen-bond acceptors (Lipinski definition) is 4. The van der Waals surface area contributed by atoms with Crippen LogP contribution in [0.5, 0.6) is 0 Å². The molecule has 0 radical (unpaired) electrons. The fourth-order valence-corrected chi connectivity index (χ4v) is 2.02. The summed E-state index contributed by atoms with van der Waals surface area (Å²) in [5.41, 5.74) is -0.836. The van der Waals surface area contributed by atoms with Crippen LogP contribution in [-0.4, -0.2) is 23.6 Å². The van der Waals surface area contributed by atoms with Crippen LogP contribution in [0.15, 0.2) is 41.3 Å². The summed E-state index contributed by atoms with van der Waals surface area (Å²) in [5, 5.41) is 2.25. The van der Waals surface area contributed by atoms with E-state index in [-0.39, 0.29) is 11.1 Å². The first kappa shape index (κ1) is 17.3. The summed E-state index contributed by atoms with van der Waals surface area (Å²) in [6.07, 6.45) is 1.37. The normalized spacial score (nSPS) is 11.7. The van der Waals surface area contributed by atoms with E-state index in [1.807, 2.05) is 0 Å². The summed E-state index contributed by atoms with van der Waals surface area (Å²) in [6, 6.07) is 3.38. The third-order valence-electron chi connectivity index (χ3n) is 3.35. The zero-order chi connectivity index (χ0) is 17.9. The summed E-state index contributed by atoms with van der Waals surface area (Å²) in [6.45, 7) is 0. The van der Waals surface area contributed by atoms with Crippen molar-refractivity contribution < 1.29 is 23.1 Å². The van der Waals surface area contributed by atoms with Gasteiger partial charge in [-0.05, 0) is 24.3 Å². The summed E-state index contributed by atoms with van der Waals surface area (Å²) in [5.74, 6) is -3.43. The Bertz CT molecular complexity index is 848. The third kappa shape index (κ3) is 3.65. The van der Waals surface area contributed by atoms with E-state index in [9.17, 15) is 23.2 Å². The number of benzene rings is 1. The van der Waals surface area contributed by atoms with Gasteiger partial charge in [-0.15, -0.1) is 0 Å². The molecule has 2 aromatic rings. The number of amides is 1. The van der Waals surface area contributed by atoms with Gasteiger partial charge in [0.05, 0.1) is 7.11 Å². The number of methoxy groups -OCH3 is 1. The summed E-state index contributed by atoms with van der Waals surface area (Å²) < 4.78 is 33.0. The summed E-state index contributed by atoms with van der Waals surface area (Å²) in [4.78, 5) is 35.7. The van der Waals surface area contributed by atoms with Crippen molar-refractivity contribution in [3.05, 3.63) is 69.6 Å². The van der Waals surface area contributed by atoms with Crippen molar-refractivity contribution in [1.82, 2.24) is 9.88 Å². The first-order valence-corrected chi connectivity index (χ1v) is 6.84. The van der Waals surface area contributed by atoms with E-state index in [0.29, 0.717) is 0 Å². The molecular formula is C16H14F2N2O4. The zero-order valence-corrected chi connectivity index (χ0v) is 12.9. The highest BCUT2D eigenvalue weighted by molar-refractivity contribution is 5.96. The van der Waals surface area contributed by atoms with Crippen molar-refractivity contribution in [2.24, 2.45) is 7.05 Å². The van der Waals surface area contributed by atoms with Crippen LogP contribution >= 0.6 is 0 Å². The Hall–Kier alpha value is -3.03. The number of ether oxygens (including phenoxy) is 1. The molecule has 8 heteroatoms. The van der Waals surface area contributed by atoms with Gasteiger partial charge in [-0.2, -0.15) is 0 Å². The number of esters is 1. The molecule has 1 N–H and O–H groups in total. The molecule has 0 fully saturated rings. The molecule has 0 spiro atoms. The summed E-state index contributed by atoms with van der Waals surface area (Å²) >= 11 is 0. The van der Waals surface area contributed by atoms with Crippen molar-refractivity contribution in [1.29, 1.82) is 0 Å². The van der Waals surface area contributed by atoms with Crippen LogP contribution in [-0.2, 0) is 16.6 Å². The Morgan fingerprint density at radius 1 is 1.21 bits per heavy atom. The second-order valence-electron chi connectivity index (χ2n) is 4.96. The average Bonchev–Trinajstić information content (AvgIpc) is 2.56. The fraction of sp³-hybridized carbons (Fsp3) is 0.188. The molecule has 1 aromatic carbocycles. The largest absolute Gasteiger partial charge is 0.467 e. The van der Waals surface area contributed by atoms with Crippen LogP contribution in [0, 0.1) is 11.6 Å². The summed E-state index contributed by atoms with van der Waals surface area (Å²) in [7, 11) is 2.56. The monoisotopic (exact) mass is 336 g/mol. The molecule has 1 amide bonds. The number of carbonyl (C=O) groups excluding carboxylic acids is 2. The van der Waals surface area contributed by atoms with Gasteiger partial charge in [-0.1, -0.05) is 0 Å². The van der Waals surface area contributed by atoms with Crippen molar-refractivity contribution in [3.63, 3.8) is 0 Å². The topological polar surface area (TPSA) is 77.4 Å². The lowest BCUT2D eigenvalue weighted by Crippen LogP contribution is -2.35. The van der Waals surface area contributed by atoms with E-state index in [1.165, 1.54) is 23.9 Å². The maximum Gasteiger partial charge on any atom is 0.333 e. The van der Waals surface area contributed by atoms with E-state index in [4.69, 9.17) is 0 Å². The molecule has 126 valence electrons. The zero-order valence-electron chi connectivity index (χ0n) is 12.9. The molecule has 0 saturated carbocycles. The quantitative estimate of drug-likeness (QED) is 0.854. The minimum absolute atomic E-state index is 0.0242. The number of aryl methyl sites for hydroxylation is 1. The molecular weight excluding hydrogens is 322 g/mol. The van der Waals surface area contributed by atoms with Gasteiger partial charge in [0.15, 0.2) is 6.04 Å². The lowest BCUT2D eigenvalue weighted by molar-refractivity contribution is -0.143. The van der Waals surface area contributed by atoms with E-state index in [0.717, 1.165) is 31.4 Å². The maximum absolute atomic E-state index is 13.9. The molecule has 1 aromatic heterocycles. The van der Waals surface area contributed by atoms with Crippen molar-refractivity contribution >= 4 is 11.9 Å². The smallest absolute Gasteiger partial charge is 0.333 e. The second kappa shape index (κ2) is 7.03. The number of carbonyl (C=O) groups is 2. The lowest BCUT2D eigenvalue weighted by atomic mass is 10.1.